The van der Waals surface area contributed by atoms with E-state index in [1.165, 1.54) is 64.2 Å². The highest BCUT2D eigenvalue weighted by atomic mass is 16.5. The van der Waals surface area contributed by atoms with E-state index >= 15 is 0 Å². The Balaban J connectivity index is 1.42. The third-order valence-electron chi connectivity index (χ3n) is 8.44. The van der Waals surface area contributed by atoms with Crippen LogP contribution in [0.3, 0.4) is 0 Å². The van der Waals surface area contributed by atoms with Crippen molar-refractivity contribution in [1.29, 1.82) is 0 Å². The summed E-state index contributed by atoms with van der Waals surface area (Å²) in [6.07, 6.45) is 14.9. The van der Waals surface area contributed by atoms with Gasteiger partial charge in [-0.15, -0.1) is 0 Å². The summed E-state index contributed by atoms with van der Waals surface area (Å²) in [6, 6.07) is 10.3. The van der Waals surface area contributed by atoms with E-state index in [1.54, 1.807) is 0 Å². The maximum atomic E-state index is 6.23. The normalized spacial score (nSPS) is 31.7. The van der Waals surface area contributed by atoms with Gasteiger partial charge in [0, 0.05) is 0 Å². The molecule has 0 radical (unpaired) electrons. The Morgan fingerprint density at radius 3 is 1.89 bits per heavy atom. The smallest absolute Gasteiger partial charge is 0.119 e. The maximum Gasteiger partial charge on any atom is 0.119 e. The Bertz CT molecular complexity index is 537. The molecule has 2 saturated carbocycles. The summed E-state index contributed by atoms with van der Waals surface area (Å²) in [5.74, 6) is 6.45. The Labute approximate surface area is 174 Å². The monoisotopic (exact) mass is 384 g/mol. The minimum atomic E-state index is 0.301. The first-order chi connectivity index (χ1) is 13.6. The van der Waals surface area contributed by atoms with E-state index < -0.39 is 0 Å². The van der Waals surface area contributed by atoms with Crippen LogP contribution >= 0.6 is 0 Å². The van der Waals surface area contributed by atoms with Gasteiger partial charge >= 0.3 is 0 Å². The second-order valence-corrected chi connectivity index (χ2v) is 10.1. The molecule has 2 aliphatic carbocycles. The number of para-hydroxylation sites is 1. The highest BCUT2D eigenvalue weighted by Crippen LogP contribution is 2.44. The second-order valence-electron chi connectivity index (χ2n) is 10.1. The van der Waals surface area contributed by atoms with E-state index in [0.717, 1.165) is 35.3 Å². The lowest BCUT2D eigenvalue weighted by atomic mass is 9.65. The van der Waals surface area contributed by atoms with E-state index in [4.69, 9.17) is 4.74 Å². The number of benzene rings is 1. The molecule has 0 aromatic heterocycles. The van der Waals surface area contributed by atoms with Crippen LogP contribution in [-0.4, -0.2) is 6.10 Å². The van der Waals surface area contributed by atoms with Gasteiger partial charge in [-0.05, 0) is 93.1 Å². The van der Waals surface area contributed by atoms with Crippen molar-refractivity contribution in [3.8, 4) is 5.75 Å². The molecule has 1 aromatic rings. The zero-order valence-electron chi connectivity index (χ0n) is 18.9. The van der Waals surface area contributed by atoms with Crippen molar-refractivity contribution in [3.63, 3.8) is 0 Å². The number of hydrogen-bond acceptors (Lipinski definition) is 1. The molecule has 0 heterocycles. The molecule has 3 rings (SSSR count). The van der Waals surface area contributed by atoms with Gasteiger partial charge in [-0.2, -0.15) is 0 Å². The molecule has 1 nitrogen and oxygen atoms in total. The molecule has 3 atom stereocenters. The summed E-state index contributed by atoms with van der Waals surface area (Å²) < 4.78 is 6.23. The average Bonchev–Trinajstić information content (AvgIpc) is 2.74. The van der Waals surface area contributed by atoms with Crippen molar-refractivity contribution < 1.29 is 4.74 Å². The van der Waals surface area contributed by atoms with E-state index in [2.05, 4.69) is 58.0 Å². The number of hydrogen-bond donors (Lipinski definition) is 0. The van der Waals surface area contributed by atoms with Gasteiger partial charge in [0.05, 0.1) is 6.10 Å². The molecule has 2 fully saturated rings. The Hall–Kier alpha value is -0.980. The summed E-state index contributed by atoms with van der Waals surface area (Å²) in [4.78, 5) is 0. The molecule has 0 spiro atoms. The van der Waals surface area contributed by atoms with Gasteiger partial charge in [-0.1, -0.05) is 64.7 Å². The van der Waals surface area contributed by atoms with Crippen LogP contribution in [0.4, 0.5) is 0 Å². The van der Waals surface area contributed by atoms with Crippen LogP contribution in [0.15, 0.2) is 30.3 Å². The molecule has 158 valence electrons. The first-order valence-electron chi connectivity index (χ1n) is 12.3. The van der Waals surface area contributed by atoms with E-state index in [-0.39, 0.29) is 0 Å². The number of rotatable bonds is 8. The summed E-state index contributed by atoms with van der Waals surface area (Å²) in [6.45, 7) is 9.61. The summed E-state index contributed by atoms with van der Waals surface area (Å²) in [7, 11) is 0. The molecule has 0 aliphatic heterocycles. The largest absolute Gasteiger partial charge is 0.490 e. The van der Waals surface area contributed by atoms with Gasteiger partial charge in [0.2, 0.25) is 0 Å². The maximum absolute atomic E-state index is 6.23. The predicted molar refractivity (Wildman–Crippen MR) is 121 cm³/mol. The minimum Gasteiger partial charge on any atom is -0.490 e. The van der Waals surface area contributed by atoms with Crippen LogP contribution in [-0.2, 0) is 0 Å². The molecule has 0 saturated heterocycles. The zero-order chi connectivity index (χ0) is 19.9. The van der Waals surface area contributed by atoms with Crippen molar-refractivity contribution in [2.24, 2.45) is 35.5 Å². The Kier molecular flexibility index (Phi) is 8.30. The van der Waals surface area contributed by atoms with Crippen molar-refractivity contribution in [2.75, 3.05) is 0 Å². The average molecular weight is 385 g/mol. The fourth-order valence-electron chi connectivity index (χ4n) is 6.20. The van der Waals surface area contributed by atoms with Crippen LogP contribution in [0.5, 0.6) is 5.75 Å². The SMILES string of the molecule is CCCC1CCC(C(C)C2CCC(C(C)C(C)Oc3ccccc3)CC2)CC1. The fraction of sp³-hybridized carbons (Fsp3) is 0.778. The molecule has 2 aliphatic rings. The predicted octanol–water partition coefficient (Wildman–Crippen LogP) is 8.14. The molecule has 1 heteroatoms. The van der Waals surface area contributed by atoms with Gasteiger partial charge in [-0.3, -0.25) is 0 Å². The Morgan fingerprint density at radius 2 is 1.32 bits per heavy atom. The Morgan fingerprint density at radius 1 is 0.786 bits per heavy atom. The summed E-state index contributed by atoms with van der Waals surface area (Å²) in [5, 5.41) is 0. The first-order valence-corrected chi connectivity index (χ1v) is 12.3. The van der Waals surface area contributed by atoms with Crippen molar-refractivity contribution in [1.82, 2.24) is 0 Å². The highest BCUT2D eigenvalue weighted by molar-refractivity contribution is 5.21. The molecular weight excluding hydrogens is 340 g/mol. The van der Waals surface area contributed by atoms with Gasteiger partial charge in [0.1, 0.15) is 5.75 Å². The molecule has 3 unspecified atom stereocenters. The van der Waals surface area contributed by atoms with Crippen LogP contribution in [0.25, 0.3) is 0 Å². The fourth-order valence-corrected chi connectivity index (χ4v) is 6.20. The third-order valence-corrected chi connectivity index (χ3v) is 8.44. The van der Waals surface area contributed by atoms with Crippen molar-refractivity contribution >= 4 is 0 Å². The van der Waals surface area contributed by atoms with Crippen LogP contribution in [0, 0.1) is 35.5 Å². The highest BCUT2D eigenvalue weighted by Gasteiger charge is 2.34. The lowest BCUT2D eigenvalue weighted by molar-refractivity contribution is 0.0705. The van der Waals surface area contributed by atoms with Gasteiger partial charge < -0.3 is 4.74 Å². The van der Waals surface area contributed by atoms with Crippen molar-refractivity contribution in [2.45, 2.75) is 98.0 Å². The van der Waals surface area contributed by atoms with Crippen LogP contribution in [0.1, 0.15) is 91.9 Å². The van der Waals surface area contributed by atoms with E-state index in [1.807, 2.05) is 0 Å². The first kappa shape index (κ1) is 21.7. The topological polar surface area (TPSA) is 9.23 Å². The quantitative estimate of drug-likeness (QED) is 0.439. The van der Waals surface area contributed by atoms with E-state index in [0.29, 0.717) is 12.0 Å². The summed E-state index contributed by atoms with van der Waals surface area (Å²) >= 11 is 0. The molecule has 28 heavy (non-hydrogen) atoms. The van der Waals surface area contributed by atoms with Gasteiger partial charge in [0.25, 0.3) is 0 Å². The molecule has 1 aromatic carbocycles. The lowest BCUT2D eigenvalue weighted by Crippen LogP contribution is -2.33. The lowest BCUT2D eigenvalue weighted by Gasteiger charge is -2.41. The van der Waals surface area contributed by atoms with E-state index in [9.17, 15) is 0 Å². The second kappa shape index (κ2) is 10.7. The minimum absolute atomic E-state index is 0.301. The van der Waals surface area contributed by atoms with Gasteiger partial charge in [0.15, 0.2) is 0 Å². The molecule has 0 amide bonds. The number of ether oxygens (including phenoxy) is 1. The van der Waals surface area contributed by atoms with Crippen LogP contribution < -0.4 is 4.74 Å². The standard InChI is InChI=1S/C27H44O/c1-5-9-23-12-14-25(15-13-23)21(3)26-18-16-24(17-19-26)20(2)22(4)28-27-10-7-6-8-11-27/h6-8,10-11,20-26H,5,9,12-19H2,1-4H3. The van der Waals surface area contributed by atoms with Crippen LogP contribution in [0.2, 0.25) is 0 Å². The third kappa shape index (κ3) is 5.77. The van der Waals surface area contributed by atoms with Gasteiger partial charge in [-0.25, -0.2) is 0 Å². The zero-order valence-corrected chi connectivity index (χ0v) is 18.9. The summed E-state index contributed by atoms with van der Waals surface area (Å²) in [5.41, 5.74) is 0. The molecule has 0 N–H and O–H groups in total. The molecule has 0 bridgehead atoms. The van der Waals surface area contributed by atoms with Crippen molar-refractivity contribution in [3.05, 3.63) is 30.3 Å². The molecular formula is C27H44O.